The number of nitrogen functional groups attached to an aromatic ring is 3. The highest BCUT2D eigenvalue weighted by molar-refractivity contribution is 7.47. The number of nitrogens with two attached hydrogens (primary N) is 3. The number of aliphatic hydroxyl groups is 1. The topological polar surface area (TPSA) is 430 Å². The van der Waals surface area contributed by atoms with Crippen molar-refractivity contribution in [2.24, 2.45) is 17.8 Å². The highest BCUT2D eigenvalue weighted by Gasteiger charge is 2.48. The normalized spacial score (nSPS) is 25.3. The van der Waals surface area contributed by atoms with E-state index in [0.717, 1.165) is 71.9 Å². The minimum absolute atomic E-state index is 0.0236. The van der Waals surface area contributed by atoms with Gasteiger partial charge in [0.1, 0.15) is 70.9 Å². The van der Waals surface area contributed by atoms with Crippen molar-refractivity contribution in [1.82, 2.24) is 58.6 Å². The predicted molar refractivity (Wildman–Crippen MR) is 351 cm³/mol. The number of hydrogen-bond donors (Lipinski definition) is 6. The Bertz CT molecular complexity index is 4040. The van der Waals surface area contributed by atoms with Crippen LogP contribution < -0.4 is 26.7 Å². The summed E-state index contributed by atoms with van der Waals surface area (Å²) in [5.74, 6) is 2.24. The third-order valence-corrected chi connectivity index (χ3v) is 20.9. The van der Waals surface area contributed by atoms with Gasteiger partial charge >= 0.3 is 27.6 Å². The molecule has 9 N–H and O–H groups in total. The lowest BCUT2D eigenvalue weighted by molar-refractivity contribution is -0.156. The van der Waals surface area contributed by atoms with E-state index in [9.17, 15) is 33.6 Å². The Kier molecular flexibility index (Phi) is 22.3. The number of benzene rings is 1. The van der Waals surface area contributed by atoms with Gasteiger partial charge in [-0.1, -0.05) is 72.6 Å². The second-order valence-corrected chi connectivity index (χ2v) is 29.6. The molecule has 0 bridgehead atoms. The van der Waals surface area contributed by atoms with Crippen LogP contribution in [0.2, 0.25) is 0 Å². The summed E-state index contributed by atoms with van der Waals surface area (Å²) in [6, 6.07) is 0. The molecule has 7 aromatic rings. The van der Waals surface area contributed by atoms with Gasteiger partial charge in [0.2, 0.25) is 0 Å². The summed E-state index contributed by atoms with van der Waals surface area (Å²) in [6.45, 7) is 15.7. The van der Waals surface area contributed by atoms with Gasteiger partial charge in [-0.3, -0.25) is 41.4 Å². The van der Waals surface area contributed by atoms with Gasteiger partial charge in [0, 0.05) is 24.8 Å². The molecule has 1 aromatic carbocycles. The Morgan fingerprint density at radius 1 is 0.608 bits per heavy atom. The molecule has 0 radical (unpaired) electrons. The molecule has 14 unspecified atom stereocenters. The van der Waals surface area contributed by atoms with Gasteiger partial charge in [0.25, 0.3) is 0 Å². The fourth-order valence-corrected chi connectivity index (χ4v) is 15.3. The van der Waals surface area contributed by atoms with Crippen LogP contribution >= 0.6 is 15.6 Å². The highest BCUT2D eigenvalue weighted by atomic mass is 31.2. The van der Waals surface area contributed by atoms with Gasteiger partial charge in [-0.15, -0.1) is 0 Å². The fraction of sp³-hybridized carbons (Fsp3) is 0.635. The zero-order valence-corrected chi connectivity index (χ0v) is 57.7. The Hall–Kier alpha value is -6.93. The summed E-state index contributed by atoms with van der Waals surface area (Å²) < 4.78 is 92.4. The maximum absolute atomic E-state index is 14.2. The van der Waals surface area contributed by atoms with Crippen molar-refractivity contribution in [3.8, 4) is 11.5 Å². The molecule has 34 heteroatoms. The molecule has 0 spiro atoms. The maximum Gasteiger partial charge on any atom is 0.472 e. The average Bonchev–Trinajstić information content (AvgIpc) is 1.18. The van der Waals surface area contributed by atoms with E-state index < -0.39 is 103 Å². The molecular weight excluding hydrogens is 1300 g/mol. The molecule has 528 valence electrons. The van der Waals surface area contributed by atoms with E-state index in [2.05, 4.69) is 79.5 Å². The van der Waals surface area contributed by atoms with E-state index in [-0.39, 0.29) is 88.7 Å². The number of aromatic nitrogens is 12. The van der Waals surface area contributed by atoms with Crippen molar-refractivity contribution < 1.29 is 80.1 Å². The third kappa shape index (κ3) is 16.7. The number of rotatable bonds is 31. The molecule has 3 fully saturated rings. The Morgan fingerprint density at radius 3 is 1.55 bits per heavy atom. The molecule has 3 saturated heterocycles. The van der Waals surface area contributed by atoms with Crippen molar-refractivity contribution in [1.29, 1.82) is 0 Å². The molecule has 10 heterocycles. The first kappa shape index (κ1) is 71.4. The SMILES string of the molecule is Cc1c(C)c2c(c(C)c1OC(=O)CCC(=O)OC1CC(COP(=O)(O)OC3CC(COP(=O)(O)OC4CC(CO)OC4n4cnc5c(N)ncnc54)OC3n3cnc4c(N)ncnc43)OC1n1cnc3c(N)ncnc31)CCC(C)(CCCC(C)CCCC(C)CCCC(C)C)O2. The van der Waals surface area contributed by atoms with Crippen molar-refractivity contribution in [2.75, 3.05) is 37.0 Å². The van der Waals surface area contributed by atoms with E-state index in [1.165, 1.54) is 90.2 Å². The molecular formula is C63H89N15O17P2. The van der Waals surface area contributed by atoms with E-state index in [1.54, 1.807) is 0 Å². The van der Waals surface area contributed by atoms with E-state index >= 15 is 0 Å². The van der Waals surface area contributed by atoms with Gasteiger partial charge < -0.3 is 60.5 Å². The van der Waals surface area contributed by atoms with Gasteiger partial charge in [-0.25, -0.2) is 54.0 Å². The lowest BCUT2D eigenvalue weighted by atomic mass is 9.83. The molecule has 4 aliphatic rings. The number of aliphatic hydroxyl groups excluding tert-OH is 1. The van der Waals surface area contributed by atoms with Crippen molar-refractivity contribution in [3.63, 3.8) is 0 Å². The standard InChI is InChI=1S/C63H89N15O17P2/c1-34(2)12-9-13-35(3)14-10-15-36(4)16-11-20-63(8)21-19-43-39(7)52(37(5)38(6)53(43)93-63)92-48(81)18-17-47(80)91-44-23-41(89-60(44)76-31-73-49-54(64)67-28-70-57(49)76)26-86-97(84,85)95-46-24-42(90-62(46)78-33-75-51-56(66)69-30-72-59(51)78)27-87-96(82,83)94-45-22-40(25-79)88-61(45)77-32-74-50-55(65)68-29-71-58(50)77/h28-36,40-42,44-46,60-62,79H,9-27H2,1-8H3,(H,82,83)(H,84,85)(H2,64,67,70)(H2,65,68,71)(H2,66,69,72). The largest absolute Gasteiger partial charge is 0.487 e. The Morgan fingerprint density at radius 2 is 1.05 bits per heavy atom. The highest BCUT2D eigenvalue weighted by Crippen LogP contribution is 2.53. The number of carbonyl (C=O) groups is 2. The first-order valence-corrected chi connectivity index (χ1v) is 36.1. The van der Waals surface area contributed by atoms with Crippen LogP contribution in [0.4, 0.5) is 17.5 Å². The number of phosphoric acid groups is 2. The molecule has 14 atom stereocenters. The average molecular weight is 1390 g/mol. The molecule has 0 amide bonds. The fourth-order valence-electron chi connectivity index (χ4n) is 13.4. The molecule has 32 nitrogen and oxygen atoms in total. The summed E-state index contributed by atoms with van der Waals surface area (Å²) in [4.78, 5) is 87.9. The molecule has 4 aliphatic heterocycles. The number of anilines is 3. The van der Waals surface area contributed by atoms with Gasteiger partial charge in [0.15, 0.2) is 53.1 Å². The van der Waals surface area contributed by atoms with Crippen LogP contribution in [0.25, 0.3) is 33.5 Å². The maximum atomic E-state index is 14.2. The first-order chi connectivity index (χ1) is 46.3. The third-order valence-electron chi connectivity index (χ3n) is 18.9. The van der Waals surface area contributed by atoms with Gasteiger partial charge in [-0.2, -0.15) is 0 Å². The predicted octanol–water partition coefficient (Wildman–Crippen LogP) is 8.86. The molecule has 97 heavy (non-hydrogen) atoms. The summed E-state index contributed by atoms with van der Waals surface area (Å²) >= 11 is 0. The monoisotopic (exact) mass is 1390 g/mol. The Labute approximate surface area is 560 Å². The quantitative estimate of drug-likeness (QED) is 0.0134. The van der Waals surface area contributed by atoms with Crippen molar-refractivity contribution >= 4 is 78.5 Å². The van der Waals surface area contributed by atoms with Gasteiger partial charge in [-0.05, 0) is 87.8 Å². The van der Waals surface area contributed by atoms with Crippen LogP contribution in [-0.4, -0.2) is 147 Å². The smallest absolute Gasteiger partial charge is 0.472 e. The zero-order chi connectivity index (χ0) is 69.1. The minimum atomic E-state index is -5.13. The van der Waals surface area contributed by atoms with Crippen molar-refractivity contribution in [2.45, 2.75) is 219 Å². The number of esters is 2. The number of hydrogen-bond acceptors (Lipinski definition) is 27. The summed E-state index contributed by atoms with van der Waals surface area (Å²) in [7, 11) is -10.1. The van der Waals surface area contributed by atoms with Crippen LogP contribution in [0.3, 0.4) is 0 Å². The van der Waals surface area contributed by atoms with Crippen LogP contribution in [0.1, 0.15) is 172 Å². The zero-order valence-electron chi connectivity index (χ0n) is 55.9. The molecule has 6 aromatic heterocycles. The number of imidazole rings is 3. The van der Waals surface area contributed by atoms with E-state index in [1.807, 2.05) is 20.8 Å². The second-order valence-electron chi connectivity index (χ2n) is 26.8. The lowest BCUT2D eigenvalue weighted by Gasteiger charge is -2.38. The number of fused-ring (bicyclic) bond motifs is 4. The van der Waals surface area contributed by atoms with Crippen LogP contribution in [0, 0.1) is 38.5 Å². The first-order valence-electron chi connectivity index (χ1n) is 33.2. The van der Waals surface area contributed by atoms with Crippen LogP contribution in [0.5, 0.6) is 11.5 Å². The van der Waals surface area contributed by atoms with Crippen molar-refractivity contribution in [3.05, 3.63) is 60.2 Å². The van der Waals surface area contributed by atoms with Crippen LogP contribution in [-0.2, 0) is 62.2 Å². The number of carbonyl (C=O) groups excluding carboxylic acids is 2. The van der Waals surface area contributed by atoms with E-state index in [0.29, 0.717) is 11.7 Å². The molecule has 0 aliphatic carbocycles. The number of nitrogens with zero attached hydrogens (tertiary/aromatic N) is 12. The summed E-state index contributed by atoms with van der Waals surface area (Å²) in [5, 5.41) is 10.0. The number of phosphoric ester groups is 2. The minimum Gasteiger partial charge on any atom is -0.487 e. The lowest BCUT2D eigenvalue weighted by Crippen LogP contribution is -2.37. The summed E-state index contributed by atoms with van der Waals surface area (Å²) in [6.07, 6.45) is 8.95. The molecule has 11 rings (SSSR count). The molecule has 0 saturated carbocycles. The van der Waals surface area contributed by atoms with Crippen LogP contribution in [0.15, 0.2) is 38.0 Å². The summed E-state index contributed by atoms with van der Waals surface area (Å²) in [5.41, 5.74) is 22.7. The van der Waals surface area contributed by atoms with Gasteiger partial charge in [0.05, 0.1) is 70.0 Å². The van der Waals surface area contributed by atoms with E-state index in [4.69, 9.17) is 63.7 Å². The second kappa shape index (κ2) is 30.3. The Balaban J connectivity index is 0.704. The number of ether oxygens (including phenoxy) is 6.